The van der Waals surface area contributed by atoms with Crippen molar-refractivity contribution >= 4 is 22.9 Å². The SMILES string of the molecule is CC(C)(C)c1cc(C=NNC(=O)c2cc3ccccc3cc2O)cc(C(C)(C)C)c1O. The number of carbonyl (C=O) groups is 1. The first-order valence-corrected chi connectivity index (χ1v) is 10.3. The minimum Gasteiger partial charge on any atom is -0.507 e. The molecule has 0 spiro atoms. The van der Waals surface area contributed by atoms with E-state index in [1.807, 2.05) is 77.9 Å². The lowest BCUT2D eigenvalue weighted by Gasteiger charge is -2.27. The van der Waals surface area contributed by atoms with E-state index in [0.29, 0.717) is 5.75 Å². The molecule has 3 aromatic rings. The monoisotopic (exact) mass is 418 g/mol. The van der Waals surface area contributed by atoms with Gasteiger partial charge in [0.05, 0.1) is 11.8 Å². The van der Waals surface area contributed by atoms with Gasteiger partial charge in [-0.1, -0.05) is 65.8 Å². The summed E-state index contributed by atoms with van der Waals surface area (Å²) < 4.78 is 0. The van der Waals surface area contributed by atoms with E-state index in [2.05, 4.69) is 10.5 Å². The molecule has 0 aliphatic rings. The van der Waals surface area contributed by atoms with Crippen LogP contribution in [0.4, 0.5) is 0 Å². The van der Waals surface area contributed by atoms with Gasteiger partial charge < -0.3 is 10.2 Å². The van der Waals surface area contributed by atoms with E-state index in [9.17, 15) is 15.0 Å². The molecule has 0 heterocycles. The van der Waals surface area contributed by atoms with E-state index in [0.717, 1.165) is 27.5 Å². The highest BCUT2D eigenvalue weighted by Crippen LogP contribution is 2.39. The third-order valence-corrected chi connectivity index (χ3v) is 5.24. The van der Waals surface area contributed by atoms with Crippen LogP contribution in [0.25, 0.3) is 10.8 Å². The maximum atomic E-state index is 12.6. The number of aromatic hydroxyl groups is 2. The Morgan fingerprint density at radius 2 is 1.39 bits per heavy atom. The summed E-state index contributed by atoms with van der Waals surface area (Å²) >= 11 is 0. The van der Waals surface area contributed by atoms with Crippen LogP contribution in [-0.2, 0) is 10.8 Å². The van der Waals surface area contributed by atoms with Gasteiger partial charge in [-0.3, -0.25) is 4.79 Å². The van der Waals surface area contributed by atoms with Gasteiger partial charge in [0.25, 0.3) is 5.91 Å². The molecule has 0 saturated carbocycles. The molecule has 3 rings (SSSR count). The Morgan fingerprint density at radius 3 is 1.90 bits per heavy atom. The molecule has 0 saturated heterocycles. The van der Waals surface area contributed by atoms with Crippen LogP contribution in [0.1, 0.15) is 68.6 Å². The molecular formula is C26H30N2O3. The molecule has 0 aliphatic carbocycles. The van der Waals surface area contributed by atoms with E-state index < -0.39 is 5.91 Å². The molecular weight excluding hydrogens is 388 g/mol. The first-order valence-electron chi connectivity index (χ1n) is 10.3. The third-order valence-electron chi connectivity index (χ3n) is 5.24. The van der Waals surface area contributed by atoms with Crippen LogP contribution in [-0.4, -0.2) is 22.3 Å². The topological polar surface area (TPSA) is 81.9 Å². The molecule has 0 aliphatic heterocycles. The zero-order chi connectivity index (χ0) is 23.0. The van der Waals surface area contributed by atoms with Crippen molar-refractivity contribution in [3.05, 3.63) is 70.8 Å². The van der Waals surface area contributed by atoms with Crippen molar-refractivity contribution in [2.45, 2.75) is 52.4 Å². The van der Waals surface area contributed by atoms with E-state index >= 15 is 0 Å². The van der Waals surface area contributed by atoms with Gasteiger partial charge in [-0.05, 0) is 51.4 Å². The Kier molecular flexibility index (Phi) is 5.81. The molecule has 1 amide bonds. The predicted octanol–water partition coefficient (Wildman–Crippen LogP) is 5.61. The molecule has 0 aromatic heterocycles. The second-order valence-electron chi connectivity index (χ2n) is 9.88. The van der Waals surface area contributed by atoms with Gasteiger partial charge in [0.2, 0.25) is 0 Å². The van der Waals surface area contributed by atoms with Gasteiger partial charge in [0.15, 0.2) is 0 Å². The normalized spacial score (nSPS) is 12.5. The highest BCUT2D eigenvalue weighted by atomic mass is 16.3. The molecule has 5 heteroatoms. The first kappa shape index (κ1) is 22.3. The Balaban J connectivity index is 1.90. The van der Waals surface area contributed by atoms with Crippen LogP contribution >= 0.6 is 0 Å². The van der Waals surface area contributed by atoms with E-state index in [4.69, 9.17) is 0 Å². The minimum absolute atomic E-state index is 0.0962. The number of hydrazone groups is 1. The van der Waals surface area contributed by atoms with Crippen molar-refractivity contribution < 1.29 is 15.0 Å². The zero-order valence-corrected chi connectivity index (χ0v) is 18.9. The number of carbonyl (C=O) groups excluding carboxylic acids is 1. The smallest absolute Gasteiger partial charge is 0.275 e. The van der Waals surface area contributed by atoms with Crippen molar-refractivity contribution in [3.63, 3.8) is 0 Å². The Labute approximate surface area is 183 Å². The number of amides is 1. The number of nitrogens with zero attached hydrogens (tertiary/aromatic N) is 1. The average molecular weight is 419 g/mol. The number of phenols is 2. The zero-order valence-electron chi connectivity index (χ0n) is 18.9. The minimum atomic E-state index is -0.495. The molecule has 3 aromatic carbocycles. The molecule has 3 N–H and O–H groups in total. The summed E-state index contributed by atoms with van der Waals surface area (Å²) in [5.41, 5.74) is 4.55. The fraction of sp³-hybridized carbons (Fsp3) is 0.308. The lowest BCUT2D eigenvalue weighted by molar-refractivity contribution is 0.0952. The van der Waals surface area contributed by atoms with Gasteiger partial charge in [-0.25, -0.2) is 5.43 Å². The number of phenolic OH excluding ortho intramolecular Hbond substituents is 2. The van der Waals surface area contributed by atoms with Crippen LogP contribution in [0.15, 0.2) is 53.6 Å². The highest BCUT2D eigenvalue weighted by molar-refractivity contribution is 6.01. The number of hydrogen-bond donors (Lipinski definition) is 3. The molecule has 31 heavy (non-hydrogen) atoms. The largest absolute Gasteiger partial charge is 0.507 e. The third kappa shape index (κ3) is 4.88. The average Bonchev–Trinajstić information content (AvgIpc) is 2.66. The molecule has 0 atom stereocenters. The fourth-order valence-electron chi connectivity index (χ4n) is 3.51. The van der Waals surface area contributed by atoms with Crippen LogP contribution in [0.2, 0.25) is 0 Å². The molecule has 0 fully saturated rings. The summed E-state index contributed by atoms with van der Waals surface area (Å²) in [7, 11) is 0. The van der Waals surface area contributed by atoms with Crippen molar-refractivity contribution in [1.29, 1.82) is 0 Å². The van der Waals surface area contributed by atoms with Gasteiger partial charge in [-0.15, -0.1) is 0 Å². The summed E-state index contributed by atoms with van der Waals surface area (Å²) in [4.78, 5) is 12.6. The van der Waals surface area contributed by atoms with Gasteiger partial charge in [0, 0.05) is 11.1 Å². The fourth-order valence-corrected chi connectivity index (χ4v) is 3.51. The maximum absolute atomic E-state index is 12.6. The summed E-state index contributed by atoms with van der Waals surface area (Å²) in [5, 5.41) is 26.9. The second kappa shape index (κ2) is 8.06. The number of hydrogen-bond acceptors (Lipinski definition) is 4. The van der Waals surface area contributed by atoms with E-state index in [1.54, 1.807) is 18.3 Å². The summed E-state index contributed by atoms with van der Waals surface area (Å²) in [6.45, 7) is 12.2. The standard InChI is InChI=1S/C26H30N2O3/c1-25(2,3)20-11-16(12-21(23(20)30)26(4,5)6)15-27-28-24(31)19-13-17-9-7-8-10-18(17)14-22(19)29/h7-15,29-30H,1-6H3,(H,28,31). The van der Waals surface area contributed by atoms with Crippen LogP contribution in [0, 0.1) is 0 Å². The lowest BCUT2D eigenvalue weighted by Crippen LogP contribution is -2.19. The number of nitrogens with one attached hydrogen (secondary N) is 1. The molecule has 0 unspecified atom stereocenters. The Hall–Kier alpha value is -3.34. The maximum Gasteiger partial charge on any atom is 0.275 e. The molecule has 0 radical (unpaired) electrons. The highest BCUT2D eigenvalue weighted by Gasteiger charge is 2.26. The summed E-state index contributed by atoms with van der Waals surface area (Å²) in [5.74, 6) is -0.297. The second-order valence-corrected chi connectivity index (χ2v) is 9.88. The van der Waals surface area contributed by atoms with E-state index in [1.165, 1.54) is 0 Å². The molecule has 162 valence electrons. The number of fused-ring (bicyclic) bond motifs is 1. The number of rotatable bonds is 3. The van der Waals surface area contributed by atoms with Gasteiger partial charge >= 0.3 is 0 Å². The summed E-state index contributed by atoms with van der Waals surface area (Å²) in [6.07, 6.45) is 1.56. The van der Waals surface area contributed by atoms with Crippen molar-refractivity contribution in [3.8, 4) is 11.5 Å². The van der Waals surface area contributed by atoms with Crippen LogP contribution < -0.4 is 5.43 Å². The lowest BCUT2D eigenvalue weighted by atomic mass is 9.78. The van der Waals surface area contributed by atoms with Crippen LogP contribution in [0.3, 0.4) is 0 Å². The quantitative estimate of drug-likeness (QED) is 0.382. The van der Waals surface area contributed by atoms with E-state index in [-0.39, 0.29) is 22.1 Å². The molecule has 0 bridgehead atoms. The number of benzene rings is 3. The Bertz CT molecular complexity index is 1130. The molecule has 5 nitrogen and oxygen atoms in total. The van der Waals surface area contributed by atoms with Gasteiger partial charge in [0.1, 0.15) is 11.5 Å². The first-order chi connectivity index (χ1) is 14.4. The van der Waals surface area contributed by atoms with Crippen molar-refractivity contribution in [2.75, 3.05) is 0 Å². The Morgan fingerprint density at radius 1 is 0.871 bits per heavy atom. The predicted molar refractivity (Wildman–Crippen MR) is 126 cm³/mol. The summed E-state index contributed by atoms with van der Waals surface area (Å²) in [6, 6.07) is 14.5. The van der Waals surface area contributed by atoms with Crippen molar-refractivity contribution in [2.24, 2.45) is 5.10 Å². The van der Waals surface area contributed by atoms with Crippen LogP contribution in [0.5, 0.6) is 11.5 Å². The van der Waals surface area contributed by atoms with Gasteiger partial charge in [-0.2, -0.15) is 5.10 Å². The van der Waals surface area contributed by atoms with Crippen molar-refractivity contribution in [1.82, 2.24) is 5.43 Å².